The van der Waals surface area contributed by atoms with Crippen LogP contribution in [0.1, 0.15) is 19.8 Å². The van der Waals surface area contributed by atoms with E-state index in [1.807, 2.05) is 18.2 Å². The van der Waals surface area contributed by atoms with E-state index < -0.39 is 0 Å². The Balaban J connectivity index is 2.12. The topological polar surface area (TPSA) is 21.3 Å². The van der Waals surface area contributed by atoms with Crippen molar-refractivity contribution >= 4 is 21.6 Å². The molecule has 1 aromatic rings. The van der Waals surface area contributed by atoms with Crippen molar-refractivity contribution in [1.82, 2.24) is 0 Å². The Morgan fingerprint density at radius 3 is 2.80 bits per heavy atom. The Kier molecular flexibility index (Phi) is 6.44. The number of para-hydroxylation sites is 1. The first-order chi connectivity index (χ1) is 7.34. The minimum atomic E-state index is 0.765. The summed E-state index contributed by atoms with van der Waals surface area (Å²) in [5.74, 6) is 0. The van der Waals surface area contributed by atoms with Crippen LogP contribution < -0.4 is 5.32 Å². The SMILES string of the molecule is CCCCOCCNc1ccccc1Br. The molecule has 2 nitrogen and oxygen atoms in total. The number of rotatable bonds is 7. The number of ether oxygens (including phenoxy) is 1. The lowest BCUT2D eigenvalue weighted by molar-refractivity contribution is 0.141. The van der Waals surface area contributed by atoms with Crippen molar-refractivity contribution in [3.63, 3.8) is 0 Å². The first-order valence-electron chi connectivity index (χ1n) is 5.40. The number of hydrogen-bond donors (Lipinski definition) is 1. The molecule has 1 rings (SSSR count). The van der Waals surface area contributed by atoms with Crippen molar-refractivity contribution in [3.05, 3.63) is 28.7 Å². The Bertz CT molecular complexity index is 278. The van der Waals surface area contributed by atoms with E-state index in [9.17, 15) is 0 Å². The first-order valence-corrected chi connectivity index (χ1v) is 6.20. The molecule has 0 radical (unpaired) electrons. The van der Waals surface area contributed by atoms with Crippen molar-refractivity contribution in [2.24, 2.45) is 0 Å². The largest absolute Gasteiger partial charge is 0.382 e. The van der Waals surface area contributed by atoms with Gasteiger partial charge in [-0.25, -0.2) is 0 Å². The first kappa shape index (κ1) is 12.5. The van der Waals surface area contributed by atoms with Gasteiger partial charge in [-0.05, 0) is 34.5 Å². The highest BCUT2D eigenvalue weighted by Gasteiger charge is 1.95. The molecule has 1 aromatic carbocycles. The van der Waals surface area contributed by atoms with E-state index in [-0.39, 0.29) is 0 Å². The Morgan fingerprint density at radius 1 is 1.27 bits per heavy atom. The van der Waals surface area contributed by atoms with Crippen molar-refractivity contribution in [2.75, 3.05) is 25.1 Å². The second-order valence-corrected chi connectivity index (χ2v) is 4.23. The van der Waals surface area contributed by atoms with Crippen LogP contribution in [0.15, 0.2) is 28.7 Å². The molecular weight excluding hydrogens is 254 g/mol. The van der Waals surface area contributed by atoms with Gasteiger partial charge in [-0.15, -0.1) is 0 Å². The Morgan fingerprint density at radius 2 is 2.07 bits per heavy atom. The molecule has 0 atom stereocenters. The van der Waals surface area contributed by atoms with Gasteiger partial charge in [-0.1, -0.05) is 25.5 Å². The predicted octanol–water partition coefficient (Wildman–Crippen LogP) is 3.68. The molecule has 3 heteroatoms. The fourth-order valence-electron chi connectivity index (χ4n) is 1.21. The average molecular weight is 272 g/mol. The maximum Gasteiger partial charge on any atom is 0.0639 e. The Hall–Kier alpha value is -0.540. The van der Waals surface area contributed by atoms with E-state index in [1.165, 1.54) is 6.42 Å². The van der Waals surface area contributed by atoms with Crippen molar-refractivity contribution in [3.8, 4) is 0 Å². The van der Waals surface area contributed by atoms with Crippen molar-refractivity contribution < 1.29 is 4.74 Å². The minimum Gasteiger partial charge on any atom is -0.382 e. The van der Waals surface area contributed by atoms with Crippen LogP contribution >= 0.6 is 15.9 Å². The summed E-state index contributed by atoms with van der Waals surface area (Å²) in [5, 5.41) is 3.32. The van der Waals surface area contributed by atoms with Gasteiger partial charge in [-0.2, -0.15) is 0 Å². The monoisotopic (exact) mass is 271 g/mol. The lowest BCUT2D eigenvalue weighted by Gasteiger charge is -2.08. The molecule has 0 aliphatic heterocycles. The molecule has 0 saturated carbocycles. The van der Waals surface area contributed by atoms with Crippen LogP contribution in [0.3, 0.4) is 0 Å². The molecule has 1 N–H and O–H groups in total. The summed E-state index contributed by atoms with van der Waals surface area (Å²) in [6, 6.07) is 8.11. The number of halogens is 1. The third-order valence-electron chi connectivity index (χ3n) is 2.08. The molecule has 0 bridgehead atoms. The average Bonchev–Trinajstić information content (AvgIpc) is 2.25. The maximum atomic E-state index is 5.46. The fourth-order valence-corrected chi connectivity index (χ4v) is 1.64. The van der Waals surface area contributed by atoms with Crippen LogP contribution in [-0.4, -0.2) is 19.8 Å². The molecule has 0 aliphatic rings. The number of nitrogens with one attached hydrogen (secondary N) is 1. The van der Waals surface area contributed by atoms with Crippen molar-refractivity contribution in [1.29, 1.82) is 0 Å². The van der Waals surface area contributed by atoms with Crippen LogP contribution in [0.4, 0.5) is 5.69 Å². The molecule has 0 spiro atoms. The van der Waals surface area contributed by atoms with Crippen LogP contribution in [-0.2, 0) is 4.74 Å². The molecule has 0 fully saturated rings. The molecular formula is C12H18BrNO. The minimum absolute atomic E-state index is 0.765. The predicted molar refractivity (Wildman–Crippen MR) is 68.4 cm³/mol. The molecule has 0 saturated heterocycles. The van der Waals surface area contributed by atoms with E-state index in [1.54, 1.807) is 0 Å². The van der Waals surface area contributed by atoms with E-state index in [0.717, 1.165) is 36.3 Å². The zero-order valence-electron chi connectivity index (χ0n) is 9.13. The molecule has 0 aliphatic carbocycles. The molecule has 0 amide bonds. The smallest absolute Gasteiger partial charge is 0.0639 e. The zero-order valence-corrected chi connectivity index (χ0v) is 10.7. The quantitative estimate of drug-likeness (QED) is 0.764. The van der Waals surface area contributed by atoms with Crippen LogP contribution in [0, 0.1) is 0 Å². The molecule has 84 valence electrons. The Labute approximate surface area is 100 Å². The van der Waals surface area contributed by atoms with Crippen LogP contribution in [0.5, 0.6) is 0 Å². The summed E-state index contributed by atoms with van der Waals surface area (Å²) in [5.41, 5.74) is 1.12. The number of benzene rings is 1. The van der Waals surface area contributed by atoms with Crippen molar-refractivity contribution in [2.45, 2.75) is 19.8 Å². The maximum absolute atomic E-state index is 5.46. The van der Waals surface area contributed by atoms with E-state index >= 15 is 0 Å². The third kappa shape index (κ3) is 5.19. The molecule has 0 heterocycles. The second-order valence-electron chi connectivity index (χ2n) is 3.37. The van der Waals surface area contributed by atoms with Gasteiger partial charge < -0.3 is 10.1 Å². The lowest BCUT2D eigenvalue weighted by Crippen LogP contribution is -2.10. The number of hydrogen-bond acceptors (Lipinski definition) is 2. The molecule has 0 unspecified atom stereocenters. The third-order valence-corrected chi connectivity index (χ3v) is 2.77. The second kappa shape index (κ2) is 7.71. The van der Waals surface area contributed by atoms with Gasteiger partial charge in [0.25, 0.3) is 0 Å². The van der Waals surface area contributed by atoms with Gasteiger partial charge in [-0.3, -0.25) is 0 Å². The summed E-state index contributed by atoms with van der Waals surface area (Å²) in [7, 11) is 0. The van der Waals surface area contributed by atoms with E-state index in [2.05, 4.69) is 34.2 Å². The standard InChI is InChI=1S/C12H18BrNO/c1-2-3-9-15-10-8-14-12-7-5-4-6-11(12)13/h4-7,14H,2-3,8-10H2,1H3. The number of anilines is 1. The van der Waals surface area contributed by atoms with Gasteiger partial charge in [0.2, 0.25) is 0 Å². The van der Waals surface area contributed by atoms with Gasteiger partial charge in [0.05, 0.1) is 6.61 Å². The van der Waals surface area contributed by atoms with Gasteiger partial charge in [0.1, 0.15) is 0 Å². The van der Waals surface area contributed by atoms with Crippen LogP contribution in [0.2, 0.25) is 0 Å². The molecule has 15 heavy (non-hydrogen) atoms. The van der Waals surface area contributed by atoms with E-state index in [0.29, 0.717) is 0 Å². The summed E-state index contributed by atoms with van der Waals surface area (Å²) >= 11 is 3.49. The van der Waals surface area contributed by atoms with Gasteiger partial charge >= 0.3 is 0 Å². The summed E-state index contributed by atoms with van der Waals surface area (Å²) in [6.45, 7) is 4.66. The zero-order chi connectivity index (χ0) is 10.9. The van der Waals surface area contributed by atoms with Crippen LogP contribution in [0.25, 0.3) is 0 Å². The van der Waals surface area contributed by atoms with Gasteiger partial charge in [0.15, 0.2) is 0 Å². The van der Waals surface area contributed by atoms with Gasteiger partial charge in [0, 0.05) is 23.3 Å². The normalized spacial score (nSPS) is 10.3. The lowest BCUT2D eigenvalue weighted by atomic mass is 10.3. The van der Waals surface area contributed by atoms with E-state index in [4.69, 9.17) is 4.74 Å². The summed E-state index contributed by atoms with van der Waals surface area (Å²) < 4.78 is 6.55. The number of unbranched alkanes of at least 4 members (excludes halogenated alkanes) is 1. The summed E-state index contributed by atoms with van der Waals surface area (Å²) in [4.78, 5) is 0. The highest BCUT2D eigenvalue weighted by atomic mass is 79.9. The molecule has 0 aromatic heterocycles. The highest BCUT2D eigenvalue weighted by Crippen LogP contribution is 2.20. The summed E-state index contributed by atoms with van der Waals surface area (Å²) in [6.07, 6.45) is 2.34. The highest BCUT2D eigenvalue weighted by molar-refractivity contribution is 9.10. The fraction of sp³-hybridized carbons (Fsp3) is 0.500.